The van der Waals surface area contributed by atoms with Crippen molar-refractivity contribution in [2.75, 3.05) is 13.6 Å². The van der Waals surface area contributed by atoms with E-state index in [2.05, 4.69) is 46.4 Å². The molecule has 1 aromatic rings. The van der Waals surface area contributed by atoms with E-state index in [-0.39, 0.29) is 0 Å². The molecule has 0 aliphatic heterocycles. The molecule has 14 heavy (non-hydrogen) atoms. The highest BCUT2D eigenvalue weighted by Gasteiger charge is 2.10. The van der Waals surface area contributed by atoms with Crippen LogP contribution in [0.3, 0.4) is 0 Å². The monoisotopic (exact) mass is 254 g/mol. The molecular formula is C11H15BrN2. The van der Waals surface area contributed by atoms with Gasteiger partial charge < -0.3 is 0 Å². The van der Waals surface area contributed by atoms with E-state index in [0.29, 0.717) is 6.04 Å². The van der Waals surface area contributed by atoms with Crippen LogP contribution >= 0.6 is 15.9 Å². The molecule has 0 radical (unpaired) electrons. The molecular weight excluding hydrogens is 240 g/mol. The molecule has 0 N–H and O–H groups in total. The van der Waals surface area contributed by atoms with Crippen molar-refractivity contribution in [3.63, 3.8) is 0 Å². The highest BCUT2D eigenvalue weighted by molar-refractivity contribution is 9.11. The van der Waals surface area contributed by atoms with Crippen molar-refractivity contribution in [2.45, 2.75) is 13.0 Å². The van der Waals surface area contributed by atoms with Crippen LogP contribution in [0.5, 0.6) is 0 Å². The smallest absolute Gasteiger partial charge is 0.0321 e. The lowest BCUT2D eigenvalue weighted by Gasteiger charge is -2.24. The van der Waals surface area contributed by atoms with Gasteiger partial charge in [0.15, 0.2) is 0 Å². The number of hydrogen-bond donors (Lipinski definition) is 0. The molecule has 0 amide bonds. The van der Waals surface area contributed by atoms with Gasteiger partial charge in [0, 0.05) is 29.5 Å². The Morgan fingerprint density at radius 2 is 2.14 bits per heavy atom. The number of halogens is 1. The summed E-state index contributed by atoms with van der Waals surface area (Å²) in [6, 6.07) is 4.46. The third kappa shape index (κ3) is 3.24. The molecule has 0 saturated heterocycles. The van der Waals surface area contributed by atoms with Gasteiger partial charge in [0.1, 0.15) is 0 Å². The molecule has 3 heteroatoms. The lowest BCUT2D eigenvalue weighted by Crippen LogP contribution is -2.23. The van der Waals surface area contributed by atoms with Gasteiger partial charge in [0.05, 0.1) is 0 Å². The van der Waals surface area contributed by atoms with Crippen molar-refractivity contribution in [2.24, 2.45) is 0 Å². The minimum absolute atomic E-state index is 0.382. The van der Waals surface area contributed by atoms with Crippen LogP contribution in [0, 0.1) is 0 Å². The first kappa shape index (κ1) is 11.4. The molecule has 0 fully saturated rings. The van der Waals surface area contributed by atoms with Crippen LogP contribution < -0.4 is 0 Å². The maximum atomic E-state index is 4.00. The second-order valence-corrected chi connectivity index (χ2v) is 4.51. The van der Waals surface area contributed by atoms with Crippen LogP contribution in [-0.2, 0) is 0 Å². The Bertz CT molecular complexity index is 297. The van der Waals surface area contributed by atoms with Gasteiger partial charge in [-0.05, 0) is 31.7 Å². The third-order valence-corrected chi connectivity index (χ3v) is 2.52. The normalized spacial score (nSPS) is 12.9. The topological polar surface area (TPSA) is 16.1 Å². The molecule has 0 aliphatic carbocycles. The number of hydrogen-bond acceptors (Lipinski definition) is 2. The SMILES string of the molecule is C=C(Br)CN(C)C(C)c1ccncc1. The van der Waals surface area contributed by atoms with Gasteiger partial charge in [-0.2, -0.15) is 0 Å². The van der Waals surface area contributed by atoms with Crippen molar-refractivity contribution in [3.8, 4) is 0 Å². The van der Waals surface area contributed by atoms with Crippen molar-refractivity contribution >= 4 is 15.9 Å². The number of pyridine rings is 1. The maximum absolute atomic E-state index is 4.00. The summed E-state index contributed by atoms with van der Waals surface area (Å²) in [5.41, 5.74) is 1.27. The lowest BCUT2D eigenvalue weighted by atomic mass is 10.1. The zero-order chi connectivity index (χ0) is 10.6. The highest BCUT2D eigenvalue weighted by atomic mass is 79.9. The summed E-state index contributed by atoms with van der Waals surface area (Å²) < 4.78 is 1.00. The number of aromatic nitrogens is 1. The van der Waals surface area contributed by atoms with Gasteiger partial charge in [0.2, 0.25) is 0 Å². The van der Waals surface area contributed by atoms with Gasteiger partial charge in [-0.1, -0.05) is 22.5 Å². The fourth-order valence-electron chi connectivity index (χ4n) is 1.30. The largest absolute Gasteiger partial charge is 0.295 e. The first-order valence-electron chi connectivity index (χ1n) is 4.54. The Labute approximate surface area is 93.8 Å². The molecule has 0 aliphatic rings. The van der Waals surface area contributed by atoms with Crippen LogP contribution in [0.25, 0.3) is 0 Å². The van der Waals surface area contributed by atoms with Crippen molar-refractivity contribution in [1.82, 2.24) is 9.88 Å². The summed E-state index contributed by atoms with van der Waals surface area (Å²) in [5, 5.41) is 0. The Kier molecular flexibility index (Phi) is 4.29. The zero-order valence-corrected chi connectivity index (χ0v) is 10.2. The minimum Gasteiger partial charge on any atom is -0.295 e. The van der Waals surface area contributed by atoms with Gasteiger partial charge in [-0.15, -0.1) is 0 Å². The maximum Gasteiger partial charge on any atom is 0.0321 e. The predicted octanol–water partition coefficient (Wildman–Crippen LogP) is 2.98. The average molecular weight is 255 g/mol. The van der Waals surface area contributed by atoms with E-state index >= 15 is 0 Å². The Balaban J connectivity index is 2.65. The average Bonchev–Trinajstić information content (AvgIpc) is 2.17. The molecule has 76 valence electrons. The predicted molar refractivity (Wildman–Crippen MR) is 63.3 cm³/mol. The summed E-state index contributed by atoms with van der Waals surface area (Å²) in [7, 11) is 2.08. The van der Waals surface area contributed by atoms with Crippen molar-refractivity contribution in [3.05, 3.63) is 41.2 Å². The fraction of sp³-hybridized carbons (Fsp3) is 0.364. The van der Waals surface area contributed by atoms with Gasteiger partial charge in [-0.25, -0.2) is 0 Å². The van der Waals surface area contributed by atoms with Crippen LogP contribution in [0.15, 0.2) is 35.6 Å². The molecule has 1 atom stereocenters. The Morgan fingerprint density at radius 3 is 2.64 bits per heavy atom. The van der Waals surface area contributed by atoms with E-state index in [1.54, 1.807) is 0 Å². The van der Waals surface area contributed by atoms with Crippen LogP contribution in [0.4, 0.5) is 0 Å². The van der Waals surface area contributed by atoms with E-state index in [1.807, 2.05) is 24.5 Å². The van der Waals surface area contributed by atoms with Crippen LogP contribution in [0.2, 0.25) is 0 Å². The summed E-state index contributed by atoms with van der Waals surface area (Å²) in [5.74, 6) is 0. The zero-order valence-electron chi connectivity index (χ0n) is 8.57. The van der Waals surface area contributed by atoms with Crippen LogP contribution in [0.1, 0.15) is 18.5 Å². The number of likely N-dealkylation sites (N-methyl/N-ethyl adjacent to an activating group) is 1. The van der Waals surface area contributed by atoms with E-state index < -0.39 is 0 Å². The van der Waals surface area contributed by atoms with Gasteiger partial charge in [0.25, 0.3) is 0 Å². The first-order valence-corrected chi connectivity index (χ1v) is 5.34. The first-order chi connectivity index (χ1) is 6.61. The van der Waals surface area contributed by atoms with E-state index in [0.717, 1.165) is 11.0 Å². The van der Waals surface area contributed by atoms with E-state index in [1.165, 1.54) is 5.56 Å². The molecule has 0 saturated carbocycles. The summed E-state index contributed by atoms with van der Waals surface area (Å²) in [4.78, 5) is 6.23. The number of nitrogens with zero attached hydrogens (tertiary/aromatic N) is 2. The Morgan fingerprint density at radius 1 is 1.57 bits per heavy atom. The molecule has 1 heterocycles. The summed E-state index contributed by atoms with van der Waals surface area (Å²) in [6.07, 6.45) is 3.64. The lowest BCUT2D eigenvalue weighted by molar-refractivity contribution is 0.288. The van der Waals surface area contributed by atoms with E-state index in [4.69, 9.17) is 0 Å². The molecule has 1 rings (SSSR count). The summed E-state index contributed by atoms with van der Waals surface area (Å²) in [6.45, 7) is 6.86. The molecule has 1 unspecified atom stereocenters. The number of rotatable bonds is 4. The summed E-state index contributed by atoms with van der Waals surface area (Å²) >= 11 is 3.37. The van der Waals surface area contributed by atoms with E-state index in [9.17, 15) is 0 Å². The molecule has 1 aromatic heterocycles. The van der Waals surface area contributed by atoms with Crippen LogP contribution in [-0.4, -0.2) is 23.5 Å². The Hall–Kier alpha value is -0.670. The molecule has 2 nitrogen and oxygen atoms in total. The second-order valence-electron chi connectivity index (χ2n) is 3.39. The fourth-order valence-corrected chi connectivity index (χ4v) is 1.70. The van der Waals surface area contributed by atoms with Gasteiger partial charge in [-0.3, -0.25) is 9.88 Å². The third-order valence-electron chi connectivity index (χ3n) is 2.27. The standard InChI is InChI=1S/C11H15BrN2/c1-9(12)8-14(3)10(2)11-4-6-13-7-5-11/h4-7,10H,1,8H2,2-3H3. The molecule has 0 spiro atoms. The highest BCUT2D eigenvalue weighted by Crippen LogP contribution is 2.19. The minimum atomic E-state index is 0.382. The second kappa shape index (κ2) is 5.27. The quantitative estimate of drug-likeness (QED) is 0.822. The molecule has 0 bridgehead atoms. The van der Waals surface area contributed by atoms with Gasteiger partial charge >= 0.3 is 0 Å². The van der Waals surface area contributed by atoms with Crippen molar-refractivity contribution in [1.29, 1.82) is 0 Å². The molecule has 0 aromatic carbocycles. The van der Waals surface area contributed by atoms with Crippen molar-refractivity contribution < 1.29 is 0 Å².